The van der Waals surface area contributed by atoms with Crippen LogP contribution in [0, 0.1) is 5.92 Å². The standard InChI is InChI=1S/C10H12N2O2S/c13-9(7-3-4-7)12-10(15)11-6-8-2-1-5-14-8/h1-2,5,7H,3-4,6H2,(H2,11,12,13,15). The van der Waals surface area contributed by atoms with E-state index in [9.17, 15) is 4.79 Å². The fraction of sp³-hybridized carbons (Fsp3) is 0.400. The van der Waals surface area contributed by atoms with Crippen LogP contribution in [0.25, 0.3) is 0 Å². The molecule has 0 bridgehead atoms. The van der Waals surface area contributed by atoms with Crippen molar-refractivity contribution in [1.82, 2.24) is 10.6 Å². The molecule has 5 heteroatoms. The smallest absolute Gasteiger partial charge is 0.229 e. The third-order valence-electron chi connectivity index (χ3n) is 2.19. The molecule has 2 N–H and O–H groups in total. The molecule has 2 rings (SSSR count). The normalized spacial score (nSPS) is 14.7. The fourth-order valence-corrected chi connectivity index (χ4v) is 1.36. The van der Waals surface area contributed by atoms with Crippen LogP contribution in [0.15, 0.2) is 22.8 Å². The molecule has 4 nitrogen and oxygen atoms in total. The summed E-state index contributed by atoms with van der Waals surface area (Å²) in [5.41, 5.74) is 0. The Balaban J connectivity index is 1.70. The minimum atomic E-state index is 0.0203. The zero-order valence-corrected chi connectivity index (χ0v) is 8.97. The lowest BCUT2D eigenvalue weighted by atomic mass is 10.4. The maximum absolute atomic E-state index is 11.3. The third-order valence-corrected chi connectivity index (χ3v) is 2.43. The molecule has 0 atom stereocenters. The lowest BCUT2D eigenvalue weighted by molar-refractivity contribution is -0.120. The Morgan fingerprint density at radius 2 is 2.40 bits per heavy atom. The second kappa shape index (κ2) is 4.44. The number of rotatable bonds is 3. The summed E-state index contributed by atoms with van der Waals surface area (Å²) in [7, 11) is 0. The summed E-state index contributed by atoms with van der Waals surface area (Å²) < 4.78 is 5.11. The Morgan fingerprint density at radius 3 is 3.00 bits per heavy atom. The van der Waals surface area contributed by atoms with Crippen molar-refractivity contribution in [2.24, 2.45) is 5.92 Å². The molecule has 1 amide bonds. The van der Waals surface area contributed by atoms with E-state index in [0.717, 1.165) is 18.6 Å². The van der Waals surface area contributed by atoms with Gasteiger partial charge in [0.2, 0.25) is 5.91 Å². The van der Waals surface area contributed by atoms with E-state index in [1.165, 1.54) is 0 Å². The minimum Gasteiger partial charge on any atom is -0.467 e. The predicted octanol–water partition coefficient (Wildman–Crippen LogP) is 1.18. The minimum absolute atomic E-state index is 0.0203. The van der Waals surface area contributed by atoms with Gasteiger partial charge >= 0.3 is 0 Å². The predicted molar refractivity (Wildman–Crippen MR) is 59.0 cm³/mol. The first kappa shape index (κ1) is 10.2. The van der Waals surface area contributed by atoms with Crippen LogP contribution in [0.5, 0.6) is 0 Å². The van der Waals surface area contributed by atoms with E-state index in [2.05, 4.69) is 10.6 Å². The van der Waals surface area contributed by atoms with Gasteiger partial charge in [-0.1, -0.05) is 0 Å². The molecule has 15 heavy (non-hydrogen) atoms. The summed E-state index contributed by atoms with van der Waals surface area (Å²) in [4.78, 5) is 11.3. The van der Waals surface area contributed by atoms with Crippen LogP contribution in [-0.2, 0) is 11.3 Å². The average Bonchev–Trinajstić information content (AvgIpc) is 2.93. The Labute approximate surface area is 93.0 Å². The fourth-order valence-electron chi connectivity index (χ4n) is 1.18. The number of nitrogens with one attached hydrogen (secondary N) is 2. The van der Waals surface area contributed by atoms with Crippen LogP contribution in [0.1, 0.15) is 18.6 Å². The van der Waals surface area contributed by atoms with Crippen LogP contribution < -0.4 is 10.6 Å². The molecular weight excluding hydrogens is 212 g/mol. The van der Waals surface area contributed by atoms with Gasteiger partial charge in [-0.05, 0) is 37.2 Å². The van der Waals surface area contributed by atoms with Crippen LogP contribution >= 0.6 is 12.2 Å². The molecule has 80 valence electrons. The van der Waals surface area contributed by atoms with Crippen molar-refractivity contribution in [2.45, 2.75) is 19.4 Å². The van der Waals surface area contributed by atoms with Crippen molar-refractivity contribution < 1.29 is 9.21 Å². The number of hydrogen-bond donors (Lipinski definition) is 2. The van der Waals surface area contributed by atoms with E-state index < -0.39 is 0 Å². The molecule has 1 heterocycles. The van der Waals surface area contributed by atoms with Crippen molar-refractivity contribution in [3.05, 3.63) is 24.2 Å². The maximum Gasteiger partial charge on any atom is 0.229 e. The maximum atomic E-state index is 11.3. The summed E-state index contributed by atoms with van der Waals surface area (Å²) >= 11 is 4.97. The molecule has 0 aliphatic heterocycles. The Bertz CT molecular complexity index is 358. The number of thiocarbonyl (C=S) groups is 1. The molecule has 0 spiro atoms. The van der Waals surface area contributed by atoms with Gasteiger partial charge in [0.1, 0.15) is 5.76 Å². The van der Waals surface area contributed by atoms with E-state index in [4.69, 9.17) is 16.6 Å². The van der Waals surface area contributed by atoms with Crippen molar-refractivity contribution in [1.29, 1.82) is 0 Å². The lowest BCUT2D eigenvalue weighted by Gasteiger charge is -2.07. The highest BCUT2D eigenvalue weighted by atomic mass is 32.1. The average molecular weight is 224 g/mol. The highest BCUT2D eigenvalue weighted by Crippen LogP contribution is 2.28. The van der Waals surface area contributed by atoms with Gasteiger partial charge in [0.15, 0.2) is 5.11 Å². The molecule has 0 aromatic carbocycles. The van der Waals surface area contributed by atoms with Crippen LogP contribution in [-0.4, -0.2) is 11.0 Å². The molecule has 1 aromatic rings. The van der Waals surface area contributed by atoms with Crippen LogP contribution in [0.3, 0.4) is 0 Å². The van der Waals surface area contributed by atoms with Gasteiger partial charge < -0.3 is 15.1 Å². The largest absolute Gasteiger partial charge is 0.467 e. The highest BCUT2D eigenvalue weighted by molar-refractivity contribution is 7.80. The second-order valence-electron chi connectivity index (χ2n) is 3.53. The quantitative estimate of drug-likeness (QED) is 0.757. The zero-order valence-electron chi connectivity index (χ0n) is 8.16. The van der Waals surface area contributed by atoms with Gasteiger partial charge in [-0.25, -0.2) is 0 Å². The number of furan rings is 1. The van der Waals surface area contributed by atoms with E-state index in [-0.39, 0.29) is 11.8 Å². The second-order valence-corrected chi connectivity index (χ2v) is 3.93. The Hall–Kier alpha value is -1.36. The lowest BCUT2D eigenvalue weighted by Crippen LogP contribution is -2.39. The van der Waals surface area contributed by atoms with Gasteiger partial charge in [0.05, 0.1) is 12.8 Å². The summed E-state index contributed by atoms with van der Waals surface area (Å²) in [5, 5.41) is 5.91. The molecule has 0 saturated heterocycles. The Morgan fingerprint density at radius 1 is 1.60 bits per heavy atom. The number of carbonyl (C=O) groups is 1. The molecule has 1 aliphatic carbocycles. The van der Waals surface area contributed by atoms with Crippen molar-refractivity contribution >= 4 is 23.2 Å². The molecule has 0 unspecified atom stereocenters. The number of amides is 1. The van der Waals surface area contributed by atoms with Crippen LogP contribution in [0.4, 0.5) is 0 Å². The van der Waals surface area contributed by atoms with E-state index in [1.54, 1.807) is 6.26 Å². The van der Waals surface area contributed by atoms with Gasteiger partial charge in [-0.15, -0.1) is 0 Å². The van der Waals surface area contributed by atoms with E-state index >= 15 is 0 Å². The third kappa shape index (κ3) is 3.06. The first-order valence-electron chi connectivity index (χ1n) is 4.87. The highest BCUT2D eigenvalue weighted by Gasteiger charge is 2.29. The summed E-state index contributed by atoms with van der Waals surface area (Å²) in [6.07, 6.45) is 3.56. The van der Waals surface area contributed by atoms with E-state index in [0.29, 0.717) is 11.7 Å². The molecular formula is C10H12N2O2S. The van der Waals surface area contributed by atoms with Crippen molar-refractivity contribution in [3.63, 3.8) is 0 Å². The summed E-state index contributed by atoms with van der Waals surface area (Å²) in [5.74, 6) is 0.985. The topological polar surface area (TPSA) is 54.3 Å². The monoisotopic (exact) mass is 224 g/mol. The first-order valence-corrected chi connectivity index (χ1v) is 5.27. The van der Waals surface area contributed by atoms with Gasteiger partial charge in [-0.3, -0.25) is 4.79 Å². The summed E-state index contributed by atoms with van der Waals surface area (Å²) in [6.45, 7) is 0.497. The molecule has 1 aliphatic rings. The first-order chi connectivity index (χ1) is 7.25. The van der Waals surface area contributed by atoms with Gasteiger partial charge in [-0.2, -0.15) is 0 Å². The molecule has 1 fully saturated rings. The van der Waals surface area contributed by atoms with Gasteiger partial charge in [0, 0.05) is 5.92 Å². The Kier molecular flexibility index (Phi) is 3.01. The number of hydrogen-bond acceptors (Lipinski definition) is 3. The molecule has 0 radical (unpaired) electrons. The van der Waals surface area contributed by atoms with E-state index in [1.807, 2.05) is 12.1 Å². The van der Waals surface area contributed by atoms with Crippen molar-refractivity contribution in [3.8, 4) is 0 Å². The molecule has 1 aromatic heterocycles. The SMILES string of the molecule is O=C(NC(=S)NCc1ccco1)C1CC1. The number of carbonyl (C=O) groups excluding carboxylic acids is 1. The summed E-state index contributed by atoms with van der Waals surface area (Å²) in [6, 6.07) is 3.65. The van der Waals surface area contributed by atoms with Crippen LogP contribution in [0.2, 0.25) is 0 Å². The van der Waals surface area contributed by atoms with Gasteiger partial charge in [0.25, 0.3) is 0 Å². The zero-order chi connectivity index (χ0) is 10.7. The molecule has 1 saturated carbocycles. The van der Waals surface area contributed by atoms with Crippen molar-refractivity contribution in [2.75, 3.05) is 0 Å².